The van der Waals surface area contributed by atoms with Gasteiger partial charge in [-0.05, 0) is 222 Å². The Labute approximate surface area is 698 Å². The number of hydrogen-bond acceptors (Lipinski definition) is 9. The second-order valence-electron chi connectivity index (χ2n) is 31.4. The van der Waals surface area contributed by atoms with Crippen molar-refractivity contribution in [2.45, 2.75) is 0 Å². The Morgan fingerprint density at radius 2 is 0.603 bits per heavy atom. The van der Waals surface area contributed by atoms with Crippen molar-refractivity contribution in [3.8, 4) is 119 Å². The van der Waals surface area contributed by atoms with Gasteiger partial charge in [0, 0.05) is 72.9 Å². The Morgan fingerprint density at radius 1 is 0.248 bits per heavy atom. The Hall–Kier alpha value is -16.3. The number of aromatic nitrogens is 3. The van der Waals surface area contributed by atoms with Crippen LogP contribution >= 0.6 is 0 Å². The number of benzene rings is 17. The van der Waals surface area contributed by atoms with Crippen molar-refractivity contribution in [3.63, 3.8) is 0 Å². The van der Waals surface area contributed by atoms with Gasteiger partial charge >= 0.3 is 21.2 Å². The minimum Gasteiger partial charge on any atom is -0.536 e. The molecule has 11 nitrogen and oxygen atoms in total. The van der Waals surface area contributed by atoms with Crippen LogP contribution in [0.2, 0.25) is 0 Å². The van der Waals surface area contributed by atoms with Gasteiger partial charge in [0.2, 0.25) is 0 Å². The second-order valence-corrected chi connectivity index (χ2v) is 31.4. The predicted molar refractivity (Wildman–Crippen MR) is 495 cm³/mol. The van der Waals surface area contributed by atoms with E-state index in [0.717, 1.165) is 129 Å². The molecule has 9 heterocycles. The van der Waals surface area contributed by atoms with Gasteiger partial charge in [-0.15, -0.1) is 0 Å². The van der Waals surface area contributed by atoms with E-state index in [9.17, 15) is 10.5 Å². The molecule has 0 fully saturated rings. The SMILES string of the molecule is N#Cc1cc(-c2ccc3c(c2)OB2c4ccccc4-c4ccccc4N23)cc(-n2c3ccccc3c3ccccc32)c1.N#Cc1cc(-c2ccc3c(c2)OB2c4ccccc4-c4ccccc4N23)cc(-n2c3ccccc3c3cccnc32)c1.c1cc(-c2ccc3c(c2)OB2c4ccccc4-c4ccccc4N23)cc(-c2ccc3ccccc3c2)c1. The standard InChI is InChI=1S/C37H22BN3O.C36H21BN4O.C34H22BNO/c39-23-24-19-26(21-27(20-24)40-33-14-6-2-11-30(33)31-12-3-7-15-34(31)40)25-17-18-36-37(22-25)42-38-32-13-5-1-9-28(32)29-10-4-8-16-35(29)41(36)38;38-22-23-18-25(20-26(19-23)40-32-13-5-2-10-29(32)30-11-7-17-39-36(30)40)24-15-16-34-35(21-24)42-37-31-12-4-1-8-27(31)28-9-3-6-14-33(28)41(34)37;1-2-9-24-20-27(17-16-23(24)8-1)25-10-7-11-26(21-25)28-18-19-33-34(22-28)37-35-31-14-5-3-12-29(31)30-13-4-6-15-32(30)36(33)35/h1-22H;1-21H;1-22H. The van der Waals surface area contributed by atoms with E-state index < -0.39 is 0 Å². The summed E-state index contributed by atoms with van der Waals surface area (Å²) < 4.78 is 24.4. The van der Waals surface area contributed by atoms with Gasteiger partial charge < -0.3 is 33.0 Å². The highest BCUT2D eigenvalue weighted by Crippen LogP contribution is 2.53. The lowest BCUT2D eigenvalue weighted by atomic mass is 9.65. The van der Waals surface area contributed by atoms with E-state index in [4.69, 9.17) is 18.9 Å². The minimum absolute atomic E-state index is 0.153. The van der Waals surface area contributed by atoms with Gasteiger partial charge in [0.25, 0.3) is 0 Å². The van der Waals surface area contributed by atoms with Crippen LogP contribution in [0.3, 0.4) is 0 Å². The highest BCUT2D eigenvalue weighted by molar-refractivity contribution is 6.78. The fourth-order valence-corrected chi connectivity index (χ4v) is 19.3. The molecule has 17 aromatic carbocycles. The van der Waals surface area contributed by atoms with Gasteiger partial charge in [-0.25, -0.2) is 4.98 Å². The van der Waals surface area contributed by atoms with Crippen LogP contribution in [0.4, 0.5) is 34.1 Å². The normalized spacial score (nSPS) is 12.9. The Bertz CT molecular complexity index is 7420. The van der Waals surface area contributed by atoms with E-state index in [1.165, 1.54) is 82.8 Å². The first-order chi connectivity index (χ1) is 59.9. The van der Waals surface area contributed by atoms with Gasteiger partial charge in [-0.2, -0.15) is 10.5 Å². The fourth-order valence-electron chi connectivity index (χ4n) is 19.3. The van der Waals surface area contributed by atoms with Gasteiger partial charge in [0.05, 0.1) is 56.9 Å². The topological polar surface area (TPSA) is 108 Å². The van der Waals surface area contributed by atoms with Crippen LogP contribution in [0.1, 0.15) is 11.1 Å². The first-order valence-corrected chi connectivity index (χ1v) is 40.8. The van der Waals surface area contributed by atoms with Crippen LogP contribution in [0, 0.1) is 22.7 Å². The zero-order valence-electron chi connectivity index (χ0n) is 65.1. The van der Waals surface area contributed by atoms with Crippen LogP contribution in [0.5, 0.6) is 17.2 Å². The largest absolute Gasteiger partial charge is 0.536 e. The minimum atomic E-state index is -0.231. The molecule has 0 aliphatic carbocycles. The molecule has 0 N–H and O–H groups in total. The molecule has 0 unspecified atom stereocenters. The molecule has 3 aromatic heterocycles. The summed E-state index contributed by atoms with van der Waals surface area (Å²) in [7, 11) is -0.605. The summed E-state index contributed by atoms with van der Waals surface area (Å²) in [6.07, 6.45) is 1.82. The first-order valence-electron chi connectivity index (χ1n) is 40.8. The summed E-state index contributed by atoms with van der Waals surface area (Å²) in [6.45, 7) is 0. The van der Waals surface area contributed by atoms with E-state index in [2.05, 4.69) is 381 Å². The van der Waals surface area contributed by atoms with Crippen LogP contribution < -0.4 is 44.8 Å². The molecule has 0 atom stereocenters. The monoisotopic (exact) mass is 1540 g/mol. The molecular formula is C107H65B3N8O3. The lowest BCUT2D eigenvalue weighted by Crippen LogP contribution is -2.50. The zero-order valence-corrected chi connectivity index (χ0v) is 65.1. The van der Waals surface area contributed by atoms with Gasteiger partial charge in [-0.1, -0.05) is 255 Å². The fraction of sp³-hybridized carbons (Fsp3) is 0. The zero-order chi connectivity index (χ0) is 79.9. The summed E-state index contributed by atoms with van der Waals surface area (Å²) in [5.74, 6) is 2.58. The maximum atomic E-state index is 10.0. The number of nitriles is 2. The third-order valence-electron chi connectivity index (χ3n) is 24.7. The molecule has 0 saturated carbocycles. The van der Waals surface area contributed by atoms with E-state index >= 15 is 0 Å². The number of pyridine rings is 1. The molecule has 0 spiro atoms. The van der Waals surface area contributed by atoms with E-state index in [1.807, 2.05) is 48.7 Å². The number of hydrogen-bond donors (Lipinski definition) is 0. The van der Waals surface area contributed by atoms with E-state index in [-0.39, 0.29) is 21.2 Å². The molecule has 0 radical (unpaired) electrons. The second kappa shape index (κ2) is 27.7. The molecule has 20 aromatic rings. The molecule has 121 heavy (non-hydrogen) atoms. The van der Waals surface area contributed by atoms with Gasteiger partial charge in [-0.3, -0.25) is 4.57 Å². The van der Waals surface area contributed by atoms with Crippen molar-refractivity contribution < 1.29 is 14.0 Å². The van der Waals surface area contributed by atoms with Crippen molar-refractivity contribution in [1.82, 2.24) is 14.1 Å². The highest BCUT2D eigenvalue weighted by atomic mass is 16.5. The number of nitrogens with zero attached hydrogens (tertiary/aromatic N) is 8. The smallest absolute Gasteiger partial charge is 0.524 e. The molecule has 26 rings (SSSR count). The summed E-state index contributed by atoms with van der Waals surface area (Å²) in [4.78, 5) is 11.7. The molecular weight excluding hydrogens is 1480 g/mol. The Kier molecular flexibility index (Phi) is 15.8. The molecule has 0 bridgehead atoms. The van der Waals surface area contributed by atoms with E-state index in [0.29, 0.717) is 11.1 Å². The number of rotatable bonds is 6. The van der Waals surface area contributed by atoms with Gasteiger partial charge in [0.1, 0.15) is 22.9 Å². The summed E-state index contributed by atoms with van der Waals surface area (Å²) in [5.41, 5.74) is 33.4. The maximum Gasteiger partial charge on any atom is 0.524 e. The molecule has 0 saturated heterocycles. The maximum absolute atomic E-state index is 10.0. The lowest BCUT2D eigenvalue weighted by Gasteiger charge is -2.31. The van der Waals surface area contributed by atoms with Crippen molar-refractivity contribution >= 4 is 126 Å². The molecule has 6 aliphatic heterocycles. The van der Waals surface area contributed by atoms with Crippen molar-refractivity contribution in [3.05, 3.63) is 406 Å². The summed E-state index contributed by atoms with van der Waals surface area (Å²) in [5, 5.41) is 27.2. The molecule has 560 valence electrons. The molecule has 14 heteroatoms. The Morgan fingerprint density at radius 3 is 1.07 bits per heavy atom. The number of para-hydroxylation sites is 6. The van der Waals surface area contributed by atoms with E-state index in [1.54, 1.807) is 0 Å². The van der Waals surface area contributed by atoms with Crippen LogP contribution in [0.15, 0.2) is 394 Å². The third kappa shape index (κ3) is 11.1. The predicted octanol–water partition coefficient (Wildman–Crippen LogP) is 23.9. The number of anilines is 6. The van der Waals surface area contributed by atoms with Crippen molar-refractivity contribution in [2.75, 3.05) is 14.4 Å². The van der Waals surface area contributed by atoms with Gasteiger partial charge in [0.15, 0.2) is 0 Å². The quantitative estimate of drug-likeness (QED) is 0.150. The average molecular weight is 1540 g/mol. The first kappa shape index (κ1) is 69.1. The average Bonchev–Trinajstić information content (AvgIpc) is 1.62. The summed E-state index contributed by atoms with van der Waals surface area (Å²) >= 11 is 0. The molecule has 0 amide bonds. The van der Waals surface area contributed by atoms with Crippen molar-refractivity contribution in [2.24, 2.45) is 0 Å². The lowest BCUT2D eigenvalue weighted by molar-refractivity contribution is 0.603. The van der Waals surface area contributed by atoms with Crippen molar-refractivity contribution in [1.29, 1.82) is 10.5 Å². The Balaban J connectivity index is 0.000000103. The third-order valence-corrected chi connectivity index (χ3v) is 24.7. The van der Waals surface area contributed by atoms with Crippen LogP contribution in [0.25, 0.3) is 144 Å². The molecule has 6 aliphatic rings. The number of fused-ring (bicyclic) bond motifs is 31. The van der Waals surface area contributed by atoms with Crippen LogP contribution in [-0.2, 0) is 0 Å². The highest BCUT2D eigenvalue weighted by Gasteiger charge is 2.48. The summed E-state index contributed by atoms with van der Waals surface area (Å²) in [6, 6.07) is 141. The van der Waals surface area contributed by atoms with Crippen LogP contribution in [-0.4, -0.2) is 35.3 Å².